The maximum absolute atomic E-state index is 5.78. The minimum Gasteiger partial charge on any atom is -0.493 e. The van der Waals surface area contributed by atoms with Crippen LogP contribution in [0, 0.1) is 0 Å². The number of nitrogens with zero attached hydrogens (tertiary/aromatic N) is 1. The molecule has 0 amide bonds. The molecule has 0 saturated carbocycles. The Morgan fingerprint density at radius 2 is 2.05 bits per heavy atom. The van der Waals surface area contributed by atoms with Crippen LogP contribution in [0.15, 0.2) is 24.3 Å². The summed E-state index contributed by atoms with van der Waals surface area (Å²) in [5, 5.41) is 0. The number of thiocarbonyl (C=S) groups is 1. The lowest BCUT2D eigenvalue weighted by Gasteiger charge is -2.24. The minimum atomic E-state index is 0.382. The Balaban J connectivity index is 2.43. The number of benzene rings is 1. The van der Waals surface area contributed by atoms with Gasteiger partial charge in [0.2, 0.25) is 0 Å². The van der Waals surface area contributed by atoms with Crippen LogP contribution < -0.4 is 10.5 Å². The summed E-state index contributed by atoms with van der Waals surface area (Å²) >= 11 is 5.01. The summed E-state index contributed by atoms with van der Waals surface area (Å²) in [5.74, 6) is 0.780. The van der Waals surface area contributed by atoms with Gasteiger partial charge in [-0.15, -0.1) is 0 Å². The molecule has 1 aromatic rings. The first-order chi connectivity index (χ1) is 9.06. The van der Waals surface area contributed by atoms with Gasteiger partial charge in [-0.25, -0.2) is 0 Å². The van der Waals surface area contributed by atoms with Gasteiger partial charge >= 0.3 is 0 Å². The van der Waals surface area contributed by atoms with Gasteiger partial charge in [-0.3, -0.25) is 0 Å². The monoisotopic (exact) mass is 280 g/mol. The highest BCUT2D eigenvalue weighted by Gasteiger charge is 2.08. The smallest absolute Gasteiger partial charge is 0.129 e. The molecule has 106 valence electrons. The molecule has 1 aromatic carbocycles. The molecule has 0 atom stereocenters. The van der Waals surface area contributed by atoms with E-state index in [4.69, 9.17) is 22.7 Å². The number of rotatable bonds is 8. The van der Waals surface area contributed by atoms with Gasteiger partial charge < -0.3 is 15.4 Å². The second-order valence-corrected chi connectivity index (χ2v) is 5.22. The van der Waals surface area contributed by atoms with Crippen molar-refractivity contribution in [2.24, 2.45) is 5.73 Å². The first kappa shape index (κ1) is 15.9. The maximum atomic E-state index is 5.78. The zero-order valence-corrected chi connectivity index (χ0v) is 12.9. The van der Waals surface area contributed by atoms with E-state index in [-0.39, 0.29) is 0 Å². The van der Waals surface area contributed by atoms with Gasteiger partial charge in [0.05, 0.1) is 12.2 Å². The zero-order chi connectivity index (χ0) is 14.3. The molecule has 4 heteroatoms. The van der Waals surface area contributed by atoms with Crippen LogP contribution in [0.3, 0.4) is 0 Å². The molecule has 0 saturated heterocycles. The van der Waals surface area contributed by atoms with E-state index in [0.717, 1.165) is 30.8 Å². The fraction of sp³-hybridized carbons (Fsp3) is 0.533. The minimum absolute atomic E-state index is 0.382. The predicted octanol–water partition coefficient (Wildman–Crippen LogP) is 2.82. The molecule has 0 bridgehead atoms. The summed E-state index contributed by atoms with van der Waals surface area (Å²) in [6, 6.07) is 8.23. The SMILES string of the molecule is CCN(CCCOc1ccccc1C(N)=S)C(C)C. The third kappa shape index (κ3) is 5.17. The fourth-order valence-corrected chi connectivity index (χ4v) is 2.20. The fourth-order valence-electron chi connectivity index (χ4n) is 2.03. The molecule has 0 heterocycles. The van der Waals surface area contributed by atoms with Gasteiger partial charge in [0.15, 0.2) is 0 Å². The first-order valence-corrected chi connectivity index (χ1v) is 7.22. The molecule has 0 aromatic heterocycles. The van der Waals surface area contributed by atoms with Crippen LogP contribution in [0.5, 0.6) is 5.75 Å². The van der Waals surface area contributed by atoms with Crippen LogP contribution in [-0.2, 0) is 0 Å². The Labute approximate surface area is 121 Å². The van der Waals surface area contributed by atoms with Crippen molar-refractivity contribution in [3.63, 3.8) is 0 Å². The second kappa shape index (κ2) is 8.12. The van der Waals surface area contributed by atoms with Crippen molar-refractivity contribution in [3.05, 3.63) is 29.8 Å². The van der Waals surface area contributed by atoms with Gasteiger partial charge in [-0.05, 0) is 38.9 Å². The zero-order valence-electron chi connectivity index (χ0n) is 12.1. The molecule has 0 fully saturated rings. The van der Waals surface area contributed by atoms with E-state index in [9.17, 15) is 0 Å². The summed E-state index contributed by atoms with van der Waals surface area (Å²) in [4.78, 5) is 2.80. The van der Waals surface area contributed by atoms with E-state index in [1.54, 1.807) is 0 Å². The van der Waals surface area contributed by atoms with E-state index in [2.05, 4.69) is 25.7 Å². The molecule has 3 nitrogen and oxygen atoms in total. The largest absolute Gasteiger partial charge is 0.493 e. The van der Waals surface area contributed by atoms with Gasteiger partial charge in [0.1, 0.15) is 10.7 Å². The summed E-state index contributed by atoms with van der Waals surface area (Å²) in [5.41, 5.74) is 6.49. The molecule has 0 spiro atoms. The van der Waals surface area contributed by atoms with Crippen molar-refractivity contribution >= 4 is 17.2 Å². The Morgan fingerprint density at radius 1 is 1.37 bits per heavy atom. The maximum Gasteiger partial charge on any atom is 0.129 e. The average Bonchev–Trinajstić information content (AvgIpc) is 2.38. The highest BCUT2D eigenvalue weighted by Crippen LogP contribution is 2.17. The molecular formula is C15H24N2OS. The third-order valence-electron chi connectivity index (χ3n) is 3.14. The van der Waals surface area contributed by atoms with Gasteiger partial charge in [-0.2, -0.15) is 0 Å². The number of hydrogen-bond donors (Lipinski definition) is 1. The van der Waals surface area contributed by atoms with E-state index < -0.39 is 0 Å². The second-order valence-electron chi connectivity index (χ2n) is 4.78. The van der Waals surface area contributed by atoms with E-state index in [1.165, 1.54) is 0 Å². The van der Waals surface area contributed by atoms with Crippen molar-refractivity contribution in [3.8, 4) is 5.75 Å². The number of para-hydroxylation sites is 1. The summed E-state index contributed by atoms with van der Waals surface area (Å²) in [6.45, 7) is 9.41. The summed E-state index contributed by atoms with van der Waals surface area (Å²) in [7, 11) is 0. The van der Waals surface area contributed by atoms with Gasteiger partial charge in [0, 0.05) is 12.6 Å². The van der Waals surface area contributed by atoms with Crippen LogP contribution in [0.2, 0.25) is 0 Å². The molecule has 2 N–H and O–H groups in total. The topological polar surface area (TPSA) is 38.5 Å². The Bertz CT molecular complexity index is 407. The summed E-state index contributed by atoms with van der Waals surface area (Å²) in [6.07, 6.45) is 0.998. The van der Waals surface area contributed by atoms with Crippen LogP contribution in [0.1, 0.15) is 32.8 Å². The van der Waals surface area contributed by atoms with Crippen molar-refractivity contribution in [2.75, 3.05) is 19.7 Å². The lowest BCUT2D eigenvalue weighted by atomic mass is 10.2. The van der Waals surface area contributed by atoms with E-state index in [1.807, 2.05) is 24.3 Å². The molecule has 0 aliphatic heterocycles. The summed E-state index contributed by atoms with van der Waals surface area (Å²) < 4.78 is 5.78. The Morgan fingerprint density at radius 3 is 2.63 bits per heavy atom. The lowest BCUT2D eigenvalue weighted by molar-refractivity contribution is 0.206. The highest BCUT2D eigenvalue weighted by molar-refractivity contribution is 7.80. The van der Waals surface area contributed by atoms with Crippen LogP contribution in [0.4, 0.5) is 0 Å². The Kier molecular flexibility index (Phi) is 6.81. The Hall–Kier alpha value is -1.13. The molecule has 0 radical (unpaired) electrons. The molecule has 1 rings (SSSR count). The van der Waals surface area contributed by atoms with Gasteiger partial charge in [-0.1, -0.05) is 31.3 Å². The highest BCUT2D eigenvalue weighted by atomic mass is 32.1. The standard InChI is InChI=1S/C15H24N2OS/c1-4-17(12(2)3)10-7-11-18-14-9-6-5-8-13(14)15(16)19/h5-6,8-9,12H,4,7,10-11H2,1-3H3,(H2,16,19). The van der Waals surface area contributed by atoms with Crippen molar-refractivity contribution < 1.29 is 4.74 Å². The predicted molar refractivity (Wildman–Crippen MR) is 84.8 cm³/mol. The molecule has 19 heavy (non-hydrogen) atoms. The van der Waals surface area contributed by atoms with E-state index >= 15 is 0 Å². The average molecular weight is 280 g/mol. The number of ether oxygens (including phenoxy) is 1. The van der Waals surface area contributed by atoms with Crippen LogP contribution in [0.25, 0.3) is 0 Å². The number of nitrogens with two attached hydrogens (primary N) is 1. The van der Waals surface area contributed by atoms with E-state index in [0.29, 0.717) is 17.6 Å². The van der Waals surface area contributed by atoms with Crippen molar-refractivity contribution in [1.29, 1.82) is 0 Å². The normalized spacial score (nSPS) is 11.0. The van der Waals surface area contributed by atoms with Crippen molar-refractivity contribution in [2.45, 2.75) is 33.2 Å². The number of hydrogen-bond acceptors (Lipinski definition) is 3. The lowest BCUT2D eigenvalue weighted by Crippen LogP contribution is -2.32. The first-order valence-electron chi connectivity index (χ1n) is 6.82. The van der Waals surface area contributed by atoms with Crippen LogP contribution >= 0.6 is 12.2 Å². The molecule has 0 unspecified atom stereocenters. The molecular weight excluding hydrogens is 256 g/mol. The molecule has 0 aliphatic carbocycles. The van der Waals surface area contributed by atoms with Gasteiger partial charge in [0.25, 0.3) is 0 Å². The molecule has 0 aliphatic rings. The quantitative estimate of drug-likeness (QED) is 0.587. The van der Waals surface area contributed by atoms with Crippen LogP contribution in [-0.4, -0.2) is 35.6 Å². The van der Waals surface area contributed by atoms with Crippen molar-refractivity contribution in [1.82, 2.24) is 4.90 Å². The third-order valence-corrected chi connectivity index (χ3v) is 3.36.